The molecule has 0 fully saturated rings. The summed E-state index contributed by atoms with van der Waals surface area (Å²) in [5, 5.41) is 6.76. The lowest BCUT2D eigenvalue weighted by Gasteiger charge is -1.99. The zero-order valence-corrected chi connectivity index (χ0v) is 9.66. The zero-order chi connectivity index (χ0) is 10.7. The van der Waals surface area contributed by atoms with Crippen LogP contribution in [0.1, 0.15) is 17.0 Å². The third-order valence-corrected chi connectivity index (χ3v) is 2.49. The Morgan fingerprint density at radius 3 is 2.40 bits per heavy atom. The molecule has 0 atom stereocenters. The molecule has 1 aromatic carbocycles. The highest BCUT2D eigenvalue weighted by molar-refractivity contribution is 9.10. The Morgan fingerprint density at radius 1 is 1.20 bits per heavy atom. The normalized spacial score (nSPS) is 10.5. The number of benzene rings is 1. The number of H-pyrrole nitrogens is 1. The Balaban J connectivity index is 2.11. The summed E-state index contributed by atoms with van der Waals surface area (Å²) >= 11 is 3.20. The van der Waals surface area contributed by atoms with Gasteiger partial charge in [0.2, 0.25) is 4.73 Å². The second kappa shape index (κ2) is 4.55. The van der Waals surface area contributed by atoms with Crippen molar-refractivity contribution in [3.8, 4) is 0 Å². The number of rotatable bonds is 3. The molecule has 3 N–H and O–H groups in total. The van der Waals surface area contributed by atoms with E-state index >= 15 is 0 Å². The number of nitrogens with zero attached hydrogens (tertiary/aromatic N) is 2. The average Bonchev–Trinajstić information content (AvgIpc) is 2.65. The topological polar surface area (TPSA) is 67.6 Å². The largest absolute Gasteiger partial charge is 0.326 e. The number of hydrogen-bond donors (Lipinski definition) is 2. The molecule has 0 aliphatic carbocycles. The van der Waals surface area contributed by atoms with Crippen LogP contribution in [0.3, 0.4) is 0 Å². The Bertz CT molecular complexity index is 435. The minimum absolute atomic E-state index is 0.578. The molecule has 0 saturated heterocycles. The van der Waals surface area contributed by atoms with Crippen molar-refractivity contribution in [2.24, 2.45) is 5.73 Å². The summed E-state index contributed by atoms with van der Waals surface area (Å²) in [6, 6.07) is 8.17. The summed E-state index contributed by atoms with van der Waals surface area (Å²) in [5.41, 5.74) is 7.85. The molecule has 0 spiro atoms. The van der Waals surface area contributed by atoms with Crippen LogP contribution in [0, 0.1) is 0 Å². The van der Waals surface area contributed by atoms with Crippen LogP contribution in [0.25, 0.3) is 0 Å². The highest BCUT2D eigenvalue weighted by atomic mass is 79.9. The van der Waals surface area contributed by atoms with Gasteiger partial charge in [0.05, 0.1) is 0 Å². The van der Waals surface area contributed by atoms with Gasteiger partial charge >= 0.3 is 0 Å². The van der Waals surface area contributed by atoms with Crippen molar-refractivity contribution in [1.29, 1.82) is 0 Å². The molecular weight excluding hydrogens is 256 g/mol. The van der Waals surface area contributed by atoms with Crippen LogP contribution in [0.5, 0.6) is 0 Å². The predicted octanol–water partition coefficient (Wildman–Crippen LogP) is 1.62. The van der Waals surface area contributed by atoms with Crippen molar-refractivity contribution in [3.05, 3.63) is 46.0 Å². The Hall–Kier alpha value is -1.20. The van der Waals surface area contributed by atoms with E-state index < -0.39 is 0 Å². The SMILES string of the molecule is NCc1ccc(Cc2nc(Br)n[nH]2)cc1. The van der Waals surface area contributed by atoms with E-state index in [1.807, 2.05) is 12.1 Å². The average molecular weight is 267 g/mol. The van der Waals surface area contributed by atoms with E-state index in [-0.39, 0.29) is 0 Å². The van der Waals surface area contributed by atoms with E-state index in [9.17, 15) is 0 Å². The molecule has 2 aromatic rings. The molecule has 78 valence electrons. The molecule has 0 aliphatic rings. The first kappa shape index (κ1) is 10.3. The maximum atomic E-state index is 5.52. The molecule has 5 heteroatoms. The van der Waals surface area contributed by atoms with Crippen molar-refractivity contribution >= 4 is 15.9 Å². The third-order valence-electron chi connectivity index (χ3n) is 2.13. The first-order valence-electron chi connectivity index (χ1n) is 4.62. The van der Waals surface area contributed by atoms with Crippen LogP contribution < -0.4 is 5.73 Å². The van der Waals surface area contributed by atoms with Gasteiger partial charge in [0, 0.05) is 13.0 Å². The molecule has 0 bridgehead atoms. The molecule has 0 amide bonds. The maximum absolute atomic E-state index is 5.52. The zero-order valence-electron chi connectivity index (χ0n) is 8.07. The van der Waals surface area contributed by atoms with Gasteiger partial charge in [0.1, 0.15) is 5.82 Å². The first-order valence-corrected chi connectivity index (χ1v) is 5.42. The molecule has 15 heavy (non-hydrogen) atoms. The molecule has 4 nitrogen and oxygen atoms in total. The fourth-order valence-corrected chi connectivity index (χ4v) is 1.64. The molecule has 0 aliphatic heterocycles. The lowest BCUT2D eigenvalue weighted by Crippen LogP contribution is -1.97. The van der Waals surface area contributed by atoms with Crippen LogP contribution in [-0.2, 0) is 13.0 Å². The molecule has 1 heterocycles. The fourth-order valence-electron chi connectivity index (χ4n) is 1.34. The second-order valence-corrected chi connectivity index (χ2v) is 3.96. The summed E-state index contributed by atoms with van der Waals surface area (Å²) in [4.78, 5) is 4.17. The van der Waals surface area contributed by atoms with Gasteiger partial charge in [-0.15, -0.1) is 5.10 Å². The standard InChI is InChI=1S/C10H11BrN4/c11-10-13-9(14-15-10)5-7-1-3-8(6-12)4-2-7/h1-4H,5-6,12H2,(H,13,14,15). The molecule has 2 rings (SSSR count). The van der Waals surface area contributed by atoms with E-state index in [0.29, 0.717) is 11.3 Å². The van der Waals surface area contributed by atoms with Gasteiger partial charge in [-0.2, -0.15) is 0 Å². The van der Waals surface area contributed by atoms with Crippen LogP contribution in [0.15, 0.2) is 29.0 Å². The number of aromatic nitrogens is 3. The van der Waals surface area contributed by atoms with Crippen LogP contribution >= 0.6 is 15.9 Å². The molecule has 0 saturated carbocycles. The quantitative estimate of drug-likeness (QED) is 0.887. The van der Waals surface area contributed by atoms with Crippen molar-refractivity contribution in [2.75, 3.05) is 0 Å². The van der Waals surface area contributed by atoms with Gasteiger partial charge in [0.25, 0.3) is 0 Å². The number of hydrogen-bond acceptors (Lipinski definition) is 3. The van der Waals surface area contributed by atoms with Crippen molar-refractivity contribution in [3.63, 3.8) is 0 Å². The smallest absolute Gasteiger partial charge is 0.217 e. The monoisotopic (exact) mass is 266 g/mol. The lowest BCUT2D eigenvalue weighted by molar-refractivity contribution is 0.968. The van der Waals surface area contributed by atoms with Gasteiger partial charge in [-0.3, -0.25) is 5.10 Å². The number of nitrogens with one attached hydrogen (secondary N) is 1. The molecular formula is C10H11BrN4. The maximum Gasteiger partial charge on any atom is 0.217 e. The lowest BCUT2D eigenvalue weighted by atomic mass is 10.1. The summed E-state index contributed by atoms with van der Waals surface area (Å²) in [5.74, 6) is 0.849. The van der Waals surface area contributed by atoms with Crippen LogP contribution in [-0.4, -0.2) is 15.2 Å². The highest BCUT2D eigenvalue weighted by Crippen LogP contribution is 2.09. The molecule has 0 radical (unpaired) electrons. The van der Waals surface area contributed by atoms with E-state index in [1.165, 1.54) is 5.56 Å². The minimum atomic E-state index is 0.578. The highest BCUT2D eigenvalue weighted by Gasteiger charge is 2.01. The summed E-state index contributed by atoms with van der Waals surface area (Å²) in [7, 11) is 0. The molecule has 0 unspecified atom stereocenters. The van der Waals surface area contributed by atoms with Gasteiger partial charge in [0.15, 0.2) is 0 Å². The van der Waals surface area contributed by atoms with Crippen molar-refractivity contribution in [2.45, 2.75) is 13.0 Å². The van der Waals surface area contributed by atoms with Crippen LogP contribution in [0.2, 0.25) is 0 Å². The second-order valence-electron chi connectivity index (χ2n) is 3.25. The number of nitrogens with two attached hydrogens (primary N) is 1. The van der Waals surface area contributed by atoms with Crippen molar-refractivity contribution in [1.82, 2.24) is 15.2 Å². The predicted molar refractivity (Wildman–Crippen MR) is 61.2 cm³/mol. The molecule has 1 aromatic heterocycles. The first-order chi connectivity index (χ1) is 7.28. The van der Waals surface area contributed by atoms with Gasteiger partial charge < -0.3 is 5.73 Å². The van der Waals surface area contributed by atoms with Gasteiger partial charge in [-0.05, 0) is 27.1 Å². The van der Waals surface area contributed by atoms with E-state index in [4.69, 9.17) is 5.73 Å². The van der Waals surface area contributed by atoms with Gasteiger partial charge in [-0.1, -0.05) is 24.3 Å². The summed E-state index contributed by atoms with van der Waals surface area (Å²) < 4.78 is 0.594. The van der Waals surface area contributed by atoms with E-state index in [2.05, 4.69) is 43.2 Å². The summed E-state index contributed by atoms with van der Waals surface area (Å²) in [6.45, 7) is 0.578. The number of halogens is 1. The van der Waals surface area contributed by atoms with E-state index in [1.54, 1.807) is 0 Å². The third kappa shape index (κ3) is 2.64. The Morgan fingerprint density at radius 2 is 1.87 bits per heavy atom. The van der Waals surface area contributed by atoms with E-state index in [0.717, 1.165) is 17.8 Å². The van der Waals surface area contributed by atoms with Gasteiger partial charge in [-0.25, -0.2) is 4.98 Å². The Kier molecular flexibility index (Phi) is 3.13. The van der Waals surface area contributed by atoms with Crippen molar-refractivity contribution < 1.29 is 0 Å². The minimum Gasteiger partial charge on any atom is -0.326 e. The summed E-state index contributed by atoms with van der Waals surface area (Å²) in [6.07, 6.45) is 0.753. The Labute approximate surface area is 96.0 Å². The fraction of sp³-hybridized carbons (Fsp3) is 0.200. The van der Waals surface area contributed by atoms with Crippen LogP contribution in [0.4, 0.5) is 0 Å². The number of aromatic amines is 1.